The molecular weight excluding hydrogens is 252 g/mol. The lowest BCUT2D eigenvalue weighted by atomic mass is 10.2. The summed E-state index contributed by atoms with van der Waals surface area (Å²) in [4.78, 5) is 0. The zero-order chi connectivity index (χ0) is 14.5. The molecule has 4 nitrogen and oxygen atoms in total. The molecule has 0 fully saturated rings. The summed E-state index contributed by atoms with van der Waals surface area (Å²) < 4.78 is 10.7. The molecule has 0 bridgehead atoms. The number of nitrogens with one attached hydrogen (secondary N) is 1. The largest absolute Gasteiger partial charge is 0.497 e. The standard InChI is InChI=1S/C16H20N2O2/c1-11(2)20-13-6-4-12(5-7-13)18-16-9-8-14(19-3)10-15(16)17/h4-11,18H,17H2,1-3H3. The van der Waals surface area contributed by atoms with E-state index in [0.29, 0.717) is 5.69 Å². The van der Waals surface area contributed by atoms with Gasteiger partial charge in [0.1, 0.15) is 11.5 Å². The highest BCUT2D eigenvalue weighted by Gasteiger charge is 2.03. The Kier molecular flexibility index (Phi) is 4.35. The molecular formula is C16H20N2O2. The Bertz CT molecular complexity index is 565. The Morgan fingerprint density at radius 2 is 1.65 bits per heavy atom. The molecule has 0 aliphatic heterocycles. The third kappa shape index (κ3) is 3.57. The van der Waals surface area contributed by atoms with Crippen LogP contribution < -0.4 is 20.5 Å². The number of rotatable bonds is 5. The van der Waals surface area contributed by atoms with Gasteiger partial charge in [-0.2, -0.15) is 0 Å². The van der Waals surface area contributed by atoms with Gasteiger partial charge >= 0.3 is 0 Å². The van der Waals surface area contributed by atoms with E-state index < -0.39 is 0 Å². The summed E-state index contributed by atoms with van der Waals surface area (Å²) in [5, 5.41) is 3.27. The van der Waals surface area contributed by atoms with E-state index in [1.54, 1.807) is 13.2 Å². The topological polar surface area (TPSA) is 56.5 Å². The van der Waals surface area contributed by atoms with Crippen LogP contribution in [0.25, 0.3) is 0 Å². The van der Waals surface area contributed by atoms with Gasteiger partial charge in [-0.1, -0.05) is 0 Å². The van der Waals surface area contributed by atoms with E-state index in [0.717, 1.165) is 22.9 Å². The number of nitrogen functional groups attached to an aromatic ring is 1. The maximum atomic E-state index is 5.97. The van der Waals surface area contributed by atoms with Crippen molar-refractivity contribution in [2.24, 2.45) is 0 Å². The van der Waals surface area contributed by atoms with Crippen molar-refractivity contribution < 1.29 is 9.47 Å². The summed E-state index contributed by atoms with van der Waals surface area (Å²) in [6.45, 7) is 4.01. The minimum atomic E-state index is 0.172. The molecule has 0 aliphatic carbocycles. The molecule has 0 unspecified atom stereocenters. The first-order chi connectivity index (χ1) is 9.58. The Morgan fingerprint density at radius 1 is 1.00 bits per heavy atom. The van der Waals surface area contributed by atoms with Crippen LogP contribution >= 0.6 is 0 Å². The van der Waals surface area contributed by atoms with Crippen LogP contribution in [0.1, 0.15) is 13.8 Å². The minimum absolute atomic E-state index is 0.172. The Hall–Kier alpha value is -2.36. The molecule has 0 amide bonds. The fourth-order valence-electron chi connectivity index (χ4n) is 1.83. The summed E-state index contributed by atoms with van der Waals surface area (Å²) in [5.41, 5.74) is 8.43. The second-order valence-electron chi connectivity index (χ2n) is 4.77. The van der Waals surface area contributed by atoms with Gasteiger partial charge in [-0.05, 0) is 50.2 Å². The number of methoxy groups -OCH3 is 1. The highest BCUT2D eigenvalue weighted by Crippen LogP contribution is 2.28. The predicted molar refractivity (Wildman–Crippen MR) is 82.9 cm³/mol. The van der Waals surface area contributed by atoms with Crippen LogP contribution in [0, 0.1) is 0 Å². The van der Waals surface area contributed by atoms with Crippen LogP contribution in [0.4, 0.5) is 17.1 Å². The van der Waals surface area contributed by atoms with Gasteiger partial charge in [0.25, 0.3) is 0 Å². The van der Waals surface area contributed by atoms with Crippen molar-refractivity contribution in [1.82, 2.24) is 0 Å². The number of hydrogen-bond acceptors (Lipinski definition) is 4. The molecule has 2 rings (SSSR count). The van der Waals surface area contributed by atoms with Gasteiger partial charge in [0.15, 0.2) is 0 Å². The average molecular weight is 272 g/mol. The second kappa shape index (κ2) is 6.19. The number of hydrogen-bond donors (Lipinski definition) is 2. The molecule has 3 N–H and O–H groups in total. The van der Waals surface area contributed by atoms with Gasteiger partial charge in [-0.25, -0.2) is 0 Å². The Morgan fingerprint density at radius 3 is 2.20 bits per heavy atom. The van der Waals surface area contributed by atoms with E-state index in [9.17, 15) is 0 Å². The number of anilines is 3. The molecule has 0 heterocycles. The summed E-state index contributed by atoms with van der Waals surface area (Å²) in [6, 6.07) is 13.3. The van der Waals surface area contributed by atoms with Gasteiger partial charge in [0.05, 0.1) is 24.6 Å². The van der Waals surface area contributed by atoms with Crippen molar-refractivity contribution in [3.05, 3.63) is 42.5 Å². The van der Waals surface area contributed by atoms with Crippen molar-refractivity contribution in [2.75, 3.05) is 18.2 Å². The summed E-state index contributed by atoms with van der Waals surface area (Å²) in [6.07, 6.45) is 0.172. The van der Waals surface area contributed by atoms with E-state index in [4.69, 9.17) is 15.2 Å². The molecule has 0 aliphatic rings. The van der Waals surface area contributed by atoms with Gasteiger partial charge in [0, 0.05) is 11.8 Å². The smallest absolute Gasteiger partial charge is 0.121 e. The van der Waals surface area contributed by atoms with Gasteiger partial charge < -0.3 is 20.5 Å². The first-order valence-electron chi connectivity index (χ1n) is 6.55. The van der Waals surface area contributed by atoms with Crippen molar-refractivity contribution in [1.29, 1.82) is 0 Å². The van der Waals surface area contributed by atoms with Crippen LogP contribution in [0.15, 0.2) is 42.5 Å². The molecule has 20 heavy (non-hydrogen) atoms. The normalized spacial score (nSPS) is 10.4. The van der Waals surface area contributed by atoms with Crippen LogP contribution in [0.5, 0.6) is 11.5 Å². The summed E-state index contributed by atoms with van der Waals surface area (Å²) in [5.74, 6) is 1.60. The zero-order valence-corrected chi connectivity index (χ0v) is 12.0. The highest BCUT2D eigenvalue weighted by atomic mass is 16.5. The molecule has 2 aromatic carbocycles. The first kappa shape index (κ1) is 14.1. The van der Waals surface area contributed by atoms with Crippen LogP contribution in [-0.2, 0) is 0 Å². The van der Waals surface area contributed by atoms with E-state index in [2.05, 4.69) is 5.32 Å². The lowest BCUT2D eigenvalue weighted by molar-refractivity contribution is 0.242. The number of nitrogens with two attached hydrogens (primary N) is 1. The molecule has 0 saturated heterocycles. The van der Waals surface area contributed by atoms with Crippen molar-refractivity contribution in [3.8, 4) is 11.5 Å². The predicted octanol–water partition coefficient (Wildman–Crippen LogP) is 3.81. The van der Waals surface area contributed by atoms with Crippen molar-refractivity contribution in [2.45, 2.75) is 20.0 Å². The van der Waals surface area contributed by atoms with Gasteiger partial charge in [-0.3, -0.25) is 0 Å². The summed E-state index contributed by atoms with van der Waals surface area (Å²) >= 11 is 0. The van der Waals surface area contributed by atoms with E-state index in [1.807, 2.05) is 50.2 Å². The molecule has 0 saturated carbocycles. The third-order valence-corrected chi connectivity index (χ3v) is 2.76. The average Bonchev–Trinajstić information content (AvgIpc) is 2.42. The molecule has 0 atom stereocenters. The van der Waals surface area contributed by atoms with E-state index in [1.165, 1.54) is 0 Å². The highest BCUT2D eigenvalue weighted by molar-refractivity contribution is 5.74. The van der Waals surface area contributed by atoms with E-state index in [-0.39, 0.29) is 6.10 Å². The minimum Gasteiger partial charge on any atom is -0.497 e. The van der Waals surface area contributed by atoms with Crippen LogP contribution in [0.3, 0.4) is 0 Å². The number of ether oxygens (including phenoxy) is 2. The van der Waals surface area contributed by atoms with Crippen LogP contribution in [-0.4, -0.2) is 13.2 Å². The lowest BCUT2D eigenvalue weighted by Crippen LogP contribution is -2.05. The molecule has 0 aromatic heterocycles. The Balaban J connectivity index is 2.10. The van der Waals surface area contributed by atoms with Crippen molar-refractivity contribution in [3.63, 3.8) is 0 Å². The van der Waals surface area contributed by atoms with Gasteiger partial charge in [-0.15, -0.1) is 0 Å². The third-order valence-electron chi connectivity index (χ3n) is 2.76. The van der Waals surface area contributed by atoms with Gasteiger partial charge in [0.2, 0.25) is 0 Å². The Labute approximate surface area is 119 Å². The van der Waals surface area contributed by atoms with Crippen molar-refractivity contribution >= 4 is 17.1 Å². The van der Waals surface area contributed by atoms with E-state index >= 15 is 0 Å². The summed E-state index contributed by atoms with van der Waals surface area (Å²) in [7, 11) is 1.62. The first-order valence-corrected chi connectivity index (χ1v) is 6.55. The SMILES string of the molecule is COc1ccc(Nc2ccc(OC(C)C)cc2)c(N)c1. The maximum absolute atomic E-state index is 5.97. The van der Waals surface area contributed by atoms with Crippen LogP contribution in [0.2, 0.25) is 0 Å². The quantitative estimate of drug-likeness (QED) is 0.813. The monoisotopic (exact) mass is 272 g/mol. The second-order valence-corrected chi connectivity index (χ2v) is 4.77. The molecule has 2 aromatic rings. The molecule has 106 valence electrons. The fraction of sp³-hybridized carbons (Fsp3) is 0.250. The number of benzene rings is 2. The fourth-order valence-corrected chi connectivity index (χ4v) is 1.83. The lowest BCUT2D eigenvalue weighted by Gasteiger charge is -2.12. The molecule has 0 spiro atoms. The molecule has 0 radical (unpaired) electrons. The zero-order valence-electron chi connectivity index (χ0n) is 12.0. The molecule has 4 heteroatoms. The maximum Gasteiger partial charge on any atom is 0.121 e.